The van der Waals surface area contributed by atoms with E-state index in [1.807, 2.05) is 11.8 Å². The zero-order valence-electron chi connectivity index (χ0n) is 11.6. The van der Waals surface area contributed by atoms with Crippen LogP contribution in [0.4, 0.5) is 0 Å². The summed E-state index contributed by atoms with van der Waals surface area (Å²) in [6, 6.07) is -0.343. The second-order valence-electron chi connectivity index (χ2n) is 5.38. The molecule has 2 saturated heterocycles. The first-order valence-electron chi connectivity index (χ1n) is 7.17. The average Bonchev–Trinajstić information content (AvgIpc) is 2.47. The average molecular weight is 285 g/mol. The van der Waals surface area contributed by atoms with Gasteiger partial charge in [-0.05, 0) is 49.5 Å². The van der Waals surface area contributed by atoms with Crippen LogP contribution in [0, 0.1) is 5.92 Å². The van der Waals surface area contributed by atoms with Gasteiger partial charge in [0.1, 0.15) is 6.04 Å². The minimum atomic E-state index is -0.343. The van der Waals surface area contributed by atoms with Crippen LogP contribution in [-0.2, 0) is 14.3 Å². The van der Waals surface area contributed by atoms with E-state index in [4.69, 9.17) is 4.74 Å². The maximum Gasteiger partial charge on any atom is 0.328 e. The van der Waals surface area contributed by atoms with Crippen LogP contribution in [0.3, 0.4) is 0 Å². The number of likely N-dealkylation sites (tertiary alicyclic amines) is 1. The zero-order valence-corrected chi connectivity index (χ0v) is 12.4. The summed E-state index contributed by atoms with van der Waals surface area (Å²) in [6.45, 7) is 0.708. The number of carbonyl (C=O) groups is 2. The van der Waals surface area contributed by atoms with Crippen molar-refractivity contribution in [2.24, 2.45) is 5.92 Å². The molecule has 1 unspecified atom stereocenters. The molecule has 19 heavy (non-hydrogen) atoms. The number of methoxy groups -OCH3 is 1. The molecule has 0 aliphatic carbocycles. The number of nitrogens with zero attached hydrogens (tertiary/aromatic N) is 1. The number of thioether (sulfide) groups is 1. The number of amides is 1. The molecular weight excluding hydrogens is 262 g/mol. The van der Waals surface area contributed by atoms with E-state index in [1.165, 1.54) is 18.6 Å². The van der Waals surface area contributed by atoms with Crippen molar-refractivity contribution in [3.05, 3.63) is 0 Å². The topological polar surface area (TPSA) is 46.6 Å². The van der Waals surface area contributed by atoms with Gasteiger partial charge in [-0.25, -0.2) is 4.79 Å². The number of esters is 1. The summed E-state index contributed by atoms with van der Waals surface area (Å²) in [7, 11) is 1.40. The van der Waals surface area contributed by atoms with E-state index in [2.05, 4.69) is 0 Å². The molecule has 0 radical (unpaired) electrons. The standard InChI is InChI=1S/C14H23NO3S/c1-18-14(17)12-4-2-3-7-15(12)13(16)10-11-5-8-19-9-6-11/h11-12H,2-10H2,1H3. The Hall–Kier alpha value is -0.710. The van der Waals surface area contributed by atoms with Gasteiger partial charge in [0.05, 0.1) is 7.11 Å². The minimum Gasteiger partial charge on any atom is -0.467 e. The van der Waals surface area contributed by atoms with E-state index in [-0.39, 0.29) is 17.9 Å². The number of hydrogen-bond donors (Lipinski definition) is 0. The molecule has 0 N–H and O–H groups in total. The van der Waals surface area contributed by atoms with Crippen molar-refractivity contribution in [1.82, 2.24) is 4.90 Å². The quantitative estimate of drug-likeness (QED) is 0.745. The van der Waals surface area contributed by atoms with E-state index in [9.17, 15) is 9.59 Å². The number of rotatable bonds is 3. The molecule has 1 atom stereocenters. The van der Waals surface area contributed by atoms with Gasteiger partial charge in [-0.1, -0.05) is 0 Å². The fraction of sp³-hybridized carbons (Fsp3) is 0.857. The van der Waals surface area contributed by atoms with E-state index in [0.717, 1.165) is 32.1 Å². The van der Waals surface area contributed by atoms with Crippen LogP contribution < -0.4 is 0 Å². The normalized spacial score (nSPS) is 25.1. The van der Waals surface area contributed by atoms with Crippen LogP contribution >= 0.6 is 11.8 Å². The molecule has 2 aliphatic rings. The predicted octanol–water partition coefficient (Wildman–Crippen LogP) is 2.07. The van der Waals surface area contributed by atoms with Gasteiger partial charge in [-0.15, -0.1) is 0 Å². The first-order valence-corrected chi connectivity index (χ1v) is 8.33. The third-order valence-corrected chi connectivity index (χ3v) is 5.15. The number of ether oxygens (including phenoxy) is 1. The van der Waals surface area contributed by atoms with Gasteiger partial charge in [-0.2, -0.15) is 11.8 Å². The van der Waals surface area contributed by atoms with Crippen molar-refractivity contribution < 1.29 is 14.3 Å². The highest BCUT2D eigenvalue weighted by Crippen LogP contribution is 2.27. The summed E-state index contributed by atoms with van der Waals surface area (Å²) in [5.41, 5.74) is 0. The van der Waals surface area contributed by atoms with Crippen LogP contribution in [-0.4, -0.2) is 48.0 Å². The van der Waals surface area contributed by atoms with Crippen LogP contribution in [0.1, 0.15) is 38.5 Å². The number of carbonyl (C=O) groups excluding carboxylic acids is 2. The SMILES string of the molecule is COC(=O)C1CCCCN1C(=O)CC1CCSCC1. The van der Waals surface area contributed by atoms with Crippen molar-refractivity contribution in [1.29, 1.82) is 0 Å². The lowest BCUT2D eigenvalue weighted by Crippen LogP contribution is -2.48. The lowest BCUT2D eigenvalue weighted by Gasteiger charge is -2.35. The summed E-state index contributed by atoms with van der Waals surface area (Å²) in [4.78, 5) is 25.9. The summed E-state index contributed by atoms with van der Waals surface area (Å²) in [5.74, 6) is 2.73. The fourth-order valence-electron chi connectivity index (χ4n) is 2.93. The molecule has 0 spiro atoms. The van der Waals surface area contributed by atoms with Crippen LogP contribution in [0.25, 0.3) is 0 Å². The first-order chi connectivity index (χ1) is 9.22. The molecule has 2 heterocycles. The molecule has 4 nitrogen and oxygen atoms in total. The third-order valence-electron chi connectivity index (χ3n) is 4.10. The lowest BCUT2D eigenvalue weighted by atomic mass is 9.95. The van der Waals surface area contributed by atoms with Crippen LogP contribution in [0.15, 0.2) is 0 Å². The second-order valence-corrected chi connectivity index (χ2v) is 6.61. The van der Waals surface area contributed by atoms with Gasteiger partial charge in [0.25, 0.3) is 0 Å². The third kappa shape index (κ3) is 3.88. The van der Waals surface area contributed by atoms with E-state index >= 15 is 0 Å². The molecule has 2 fully saturated rings. The van der Waals surface area contributed by atoms with Crippen molar-refractivity contribution >= 4 is 23.6 Å². The molecule has 0 aromatic carbocycles. The van der Waals surface area contributed by atoms with Gasteiger partial charge in [0, 0.05) is 13.0 Å². The van der Waals surface area contributed by atoms with Crippen molar-refractivity contribution in [2.75, 3.05) is 25.2 Å². The molecule has 5 heteroatoms. The molecule has 0 aromatic heterocycles. The Morgan fingerprint density at radius 1 is 1.21 bits per heavy atom. The minimum absolute atomic E-state index is 0.145. The van der Waals surface area contributed by atoms with Gasteiger partial charge < -0.3 is 9.64 Å². The maximum absolute atomic E-state index is 12.4. The Labute approximate surface area is 119 Å². The van der Waals surface area contributed by atoms with Gasteiger partial charge in [0.2, 0.25) is 5.91 Å². The Kier molecular flexibility index (Phi) is 5.55. The second kappa shape index (κ2) is 7.17. The van der Waals surface area contributed by atoms with E-state index < -0.39 is 0 Å². The zero-order chi connectivity index (χ0) is 13.7. The predicted molar refractivity (Wildman–Crippen MR) is 76.0 cm³/mol. The molecule has 2 rings (SSSR count). The van der Waals surface area contributed by atoms with E-state index in [0.29, 0.717) is 18.9 Å². The Morgan fingerprint density at radius 2 is 1.95 bits per heavy atom. The molecule has 2 aliphatic heterocycles. The molecule has 0 bridgehead atoms. The monoisotopic (exact) mass is 285 g/mol. The van der Waals surface area contributed by atoms with Crippen LogP contribution in [0.5, 0.6) is 0 Å². The molecule has 108 valence electrons. The number of piperidine rings is 1. The van der Waals surface area contributed by atoms with Crippen molar-refractivity contribution in [3.63, 3.8) is 0 Å². The summed E-state index contributed by atoms with van der Waals surface area (Å²) in [5, 5.41) is 0. The molecule has 0 saturated carbocycles. The summed E-state index contributed by atoms with van der Waals surface area (Å²) < 4.78 is 4.82. The highest BCUT2D eigenvalue weighted by molar-refractivity contribution is 7.99. The van der Waals surface area contributed by atoms with Crippen molar-refractivity contribution in [2.45, 2.75) is 44.6 Å². The largest absolute Gasteiger partial charge is 0.467 e. The molecular formula is C14H23NO3S. The maximum atomic E-state index is 12.4. The van der Waals surface area contributed by atoms with Gasteiger partial charge in [0.15, 0.2) is 0 Å². The Balaban J connectivity index is 1.92. The highest BCUT2D eigenvalue weighted by Gasteiger charge is 2.33. The summed E-state index contributed by atoms with van der Waals surface area (Å²) >= 11 is 1.97. The van der Waals surface area contributed by atoms with Gasteiger partial charge >= 0.3 is 5.97 Å². The van der Waals surface area contributed by atoms with Crippen LogP contribution in [0.2, 0.25) is 0 Å². The molecule has 0 aromatic rings. The fourth-order valence-corrected chi connectivity index (χ4v) is 4.13. The number of hydrogen-bond acceptors (Lipinski definition) is 4. The summed E-state index contributed by atoms with van der Waals surface area (Å²) in [6.07, 6.45) is 5.62. The van der Waals surface area contributed by atoms with E-state index in [1.54, 1.807) is 4.90 Å². The first kappa shape index (κ1) is 14.7. The Morgan fingerprint density at radius 3 is 2.63 bits per heavy atom. The van der Waals surface area contributed by atoms with Crippen molar-refractivity contribution in [3.8, 4) is 0 Å². The van der Waals surface area contributed by atoms with Gasteiger partial charge in [-0.3, -0.25) is 4.79 Å². The Bertz CT molecular complexity index is 329. The highest BCUT2D eigenvalue weighted by atomic mass is 32.2. The smallest absolute Gasteiger partial charge is 0.328 e. The molecule has 1 amide bonds. The lowest BCUT2D eigenvalue weighted by molar-refractivity contribution is -0.155.